The first-order chi connectivity index (χ1) is 10.3. The normalized spacial score (nSPS) is 13.3. The summed E-state index contributed by atoms with van der Waals surface area (Å²) < 4.78 is 11.1. The molecule has 0 amide bonds. The van der Waals surface area contributed by atoms with Gasteiger partial charge in [0.05, 0.1) is 11.0 Å². The maximum absolute atomic E-state index is 6.05. The zero-order valence-corrected chi connectivity index (χ0v) is 11.2. The van der Waals surface area contributed by atoms with Crippen molar-refractivity contribution < 1.29 is 9.47 Å². The van der Waals surface area contributed by atoms with Gasteiger partial charge in [0.2, 0.25) is 0 Å². The van der Waals surface area contributed by atoms with Gasteiger partial charge in [0.1, 0.15) is 18.9 Å². The van der Waals surface area contributed by atoms with Gasteiger partial charge in [-0.15, -0.1) is 0 Å². The first kappa shape index (κ1) is 12.0. The SMILES string of the molecule is Nc1nc2ccccc2nc1-c1ccc2c(c1)OCCO2. The molecular weight excluding hydrogens is 266 g/mol. The molecule has 2 heterocycles. The number of nitrogens with two attached hydrogens (primary N) is 1. The van der Waals surface area contributed by atoms with Gasteiger partial charge >= 0.3 is 0 Å². The molecule has 0 fully saturated rings. The van der Waals surface area contributed by atoms with Crippen LogP contribution in [0.5, 0.6) is 11.5 Å². The van der Waals surface area contributed by atoms with Crippen molar-refractivity contribution in [3.05, 3.63) is 42.5 Å². The monoisotopic (exact) mass is 279 g/mol. The van der Waals surface area contributed by atoms with Crippen LogP contribution >= 0.6 is 0 Å². The van der Waals surface area contributed by atoms with Crippen molar-refractivity contribution in [2.24, 2.45) is 0 Å². The summed E-state index contributed by atoms with van der Waals surface area (Å²) in [6.45, 7) is 1.12. The zero-order chi connectivity index (χ0) is 14.2. The molecule has 1 aliphatic heterocycles. The molecular formula is C16H13N3O2. The van der Waals surface area contributed by atoms with Crippen LogP contribution in [-0.4, -0.2) is 23.2 Å². The molecule has 2 aromatic carbocycles. The smallest absolute Gasteiger partial charge is 0.162 e. The Balaban J connectivity index is 1.87. The van der Waals surface area contributed by atoms with E-state index >= 15 is 0 Å². The molecule has 2 N–H and O–H groups in total. The number of hydrogen-bond acceptors (Lipinski definition) is 5. The van der Waals surface area contributed by atoms with Crippen molar-refractivity contribution in [2.75, 3.05) is 18.9 Å². The number of ether oxygens (including phenoxy) is 2. The van der Waals surface area contributed by atoms with Crippen molar-refractivity contribution in [3.8, 4) is 22.8 Å². The fourth-order valence-electron chi connectivity index (χ4n) is 2.42. The van der Waals surface area contributed by atoms with E-state index in [1.54, 1.807) is 0 Å². The van der Waals surface area contributed by atoms with Crippen LogP contribution in [0.15, 0.2) is 42.5 Å². The van der Waals surface area contributed by atoms with E-state index in [0.717, 1.165) is 22.3 Å². The van der Waals surface area contributed by atoms with Crippen molar-refractivity contribution in [3.63, 3.8) is 0 Å². The van der Waals surface area contributed by atoms with Gasteiger partial charge < -0.3 is 15.2 Å². The number of hydrogen-bond donors (Lipinski definition) is 1. The lowest BCUT2D eigenvalue weighted by Crippen LogP contribution is -2.15. The Morgan fingerprint density at radius 3 is 2.38 bits per heavy atom. The number of anilines is 1. The molecule has 0 radical (unpaired) electrons. The van der Waals surface area contributed by atoms with Crippen LogP contribution in [-0.2, 0) is 0 Å². The average Bonchev–Trinajstić information content (AvgIpc) is 2.54. The quantitative estimate of drug-likeness (QED) is 0.741. The molecule has 0 bridgehead atoms. The summed E-state index contributed by atoms with van der Waals surface area (Å²) in [6, 6.07) is 13.4. The number of nitrogen functional groups attached to an aromatic ring is 1. The number of aromatic nitrogens is 2. The molecule has 0 aliphatic carbocycles. The second-order valence-electron chi connectivity index (χ2n) is 4.80. The predicted molar refractivity (Wildman–Crippen MR) is 80.4 cm³/mol. The number of benzene rings is 2. The number of rotatable bonds is 1. The van der Waals surface area contributed by atoms with Crippen molar-refractivity contribution >= 4 is 16.9 Å². The molecule has 0 unspecified atom stereocenters. The van der Waals surface area contributed by atoms with Crippen molar-refractivity contribution in [1.29, 1.82) is 0 Å². The lowest BCUT2D eigenvalue weighted by Gasteiger charge is -2.19. The minimum Gasteiger partial charge on any atom is -0.486 e. The fraction of sp³-hybridized carbons (Fsp3) is 0.125. The molecule has 5 heteroatoms. The van der Waals surface area contributed by atoms with Gasteiger partial charge in [-0.1, -0.05) is 12.1 Å². The maximum atomic E-state index is 6.05. The Kier molecular flexibility index (Phi) is 2.64. The Labute approximate surface area is 121 Å². The molecule has 0 atom stereocenters. The second-order valence-corrected chi connectivity index (χ2v) is 4.80. The largest absolute Gasteiger partial charge is 0.486 e. The van der Waals surface area contributed by atoms with E-state index in [1.165, 1.54) is 0 Å². The van der Waals surface area contributed by atoms with Crippen LogP contribution in [0.2, 0.25) is 0 Å². The van der Waals surface area contributed by atoms with Gasteiger partial charge in [0, 0.05) is 5.56 Å². The van der Waals surface area contributed by atoms with Gasteiger partial charge in [-0.25, -0.2) is 9.97 Å². The van der Waals surface area contributed by atoms with Gasteiger partial charge in [0.15, 0.2) is 17.3 Å². The van der Waals surface area contributed by atoms with E-state index in [0.29, 0.717) is 30.5 Å². The molecule has 1 aliphatic rings. The molecule has 5 nitrogen and oxygen atoms in total. The Bertz CT molecular complexity index is 833. The fourth-order valence-corrected chi connectivity index (χ4v) is 2.42. The highest BCUT2D eigenvalue weighted by Gasteiger charge is 2.15. The van der Waals surface area contributed by atoms with Crippen LogP contribution in [0.4, 0.5) is 5.82 Å². The predicted octanol–water partition coefficient (Wildman–Crippen LogP) is 2.65. The summed E-state index contributed by atoms with van der Waals surface area (Å²) >= 11 is 0. The highest BCUT2D eigenvalue weighted by molar-refractivity contribution is 5.82. The first-order valence-electron chi connectivity index (χ1n) is 6.73. The van der Waals surface area contributed by atoms with Gasteiger partial charge in [-0.2, -0.15) is 0 Å². The molecule has 21 heavy (non-hydrogen) atoms. The van der Waals surface area contributed by atoms with E-state index in [4.69, 9.17) is 15.2 Å². The molecule has 0 saturated carbocycles. The van der Waals surface area contributed by atoms with E-state index in [2.05, 4.69) is 9.97 Å². The van der Waals surface area contributed by atoms with Gasteiger partial charge in [-0.3, -0.25) is 0 Å². The van der Waals surface area contributed by atoms with Gasteiger partial charge in [-0.05, 0) is 30.3 Å². The van der Waals surface area contributed by atoms with Crippen LogP contribution in [0.1, 0.15) is 0 Å². The minimum absolute atomic E-state index is 0.408. The number of para-hydroxylation sites is 2. The van der Waals surface area contributed by atoms with Crippen molar-refractivity contribution in [2.45, 2.75) is 0 Å². The Hall–Kier alpha value is -2.82. The van der Waals surface area contributed by atoms with E-state index in [-0.39, 0.29) is 0 Å². The van der Waals surface area contributed by atoms with Crippen LogP contribution in [0.3, 0.4) is 0 Å². The first-order valence-corrected chi connectivity index (χ1v) is 6.73. The molecule has 3 aromatic rings. The molecule has 4 rings (SSSR count). The van der Waals surface area contributed by atoms with Crippen LogP contribution in [0.25, 0.3) is 22.3 Å². The Morgan fingerprint density at radius 2 is 1.57 bits per heavy atom. The zero-order valence-electron chi connectivity index (χ0n) is 11.2. The lowest BCUT2D eigenvalue weighted by molar-refractivity contribution is 0.171. The molecule has 0 spiro atoms. The van der Waals surface area contributed by atoms with Gasteiger partial charge in [0.25, 0.3) is 0 Å². The summed E-state index contributed by atoms with van der Waals surface area (Å²) in [5, 5.41) is 0. The standard InChI is InChI=1S/C16H13N3O2/c17-16-15(18-11-3-1-2-4-12(11)19-16)10-5-6-13-14(9-10)21-8-7-20-13/h1-6,9H,7-8H2,(H2,17,19). The Morgan fingerprint density at radius 1 is 0.857 bits per heavy atom. The summed E-state index contributed by atoms with van der Waals surface area (Å²) in [6.07, 6.45) is 0. The van der Waals surface area contributed by atoms with Crippen LogP contribution in [0, 0.1) is 0 Å². The number of nitrogens with zero attached hydrogens (tertiary/aromatic N) is 2. The molecule has 1 aromatic heterocycles. The highest BCUT2D eigenvalue weighted by atomic mass is 16.6. The number of fused-ring (bicyclic) bond motifs is 2. The topological polar surface area (TPSA) is 70.3 Å². The summed E-state index contributed by atoms with van der Waals surface area (Å²) in [5.74, 6) is 1.87. The summed E-state index contributed by atoms with van der Waals surface area (Å²) in [5.41, 5.74) is 9.18. The van der Waals surface area contributed by atoms with E-state index in [1.807, 2.05) is 42.5 Å². The average molecular weight is 279 g/mol. The maximum Gasteiger partial charge on any atom is 0.162 e. The second kappa shape index (κ2) is 4.63. The highest BCUT2D eigenvalue weighted by Crippen LogP contribution is 2.35. The van der Waals surface area contributed by atoms with E-state index < -0.39 is 0 Å². The molecule has 104 valence electrons. The third kappa shape index (κ3) is 2.03. The van der Waals surface area contributed by atoms with Crippen LogP contribution < -0.4 is 15.2 Å². The third-order valence-electron chi connectivity index (χ3n) is 3.41. The third-order valence-corrected chi connectivity index (χ3v) is 3.41. The van der Waals surface area contributed by atoms with E-state index in [9.17, 15) is 0 Å². The minimum atomic E-state index is 0.408. The lowest BCUT2D eigenvalue weighted by atomic mass is 10.1. The summed E-state index contributed by atoms with van der Waals surface area (Å²) in [4.78, 5) is 9.02. The van der Waals surface area contributed by atoms with Crippen molar-refractivity contribution in [1.82, 2.24) is 9.97 Å². The molecule has 0 saturated heterocycles. The summed E-state index contributed by atoms with van der Waals surface area (Å²) in [7, 11) is 0.